The highest BCUT2D eigenvalue weighted by atomic mass is 79.9. The zero-order chi connectivity index (χ0) is 13.1. The van der Waals surface area contributed by atoms with Crippen LogP contribution in [0.3, 0.4) is 0 Å². The summed E-state index contributed by atoms with van der Waals surface area (Å²) in [5.41, 5.74) is 2.79. The van der Waals surface area contributed by atoms with Crippen molar-refractivity contribution >= 4 is 37.5 Å². The standard InChI is InChI=1S/C14H12Br2FN/c1-9-6-11(15)4-5-14(9)18-8-10-2-3-12(16)7-13(10)17/h2-7,18H,8H2,1H3. The fraction of sp³-hybridized carbons (Fsp3) is 0.143. The molecule has 1 nitrogen and oxygen atoms in total. The molecular weight excluding hydrogens is 361 g/mol. The van der Waals surface area contributed by atoms with Crippen molar-refractivity contribution in [1.82, 2.24) is 0 Å². The number of nitrogens with one attached hydrogen (secondary N) is 1. The molecule has 0 spiro atoms. The van der Waals surface area contributed by atoms with Crippen molar-refractivity contribution in [1.29, 1.82) is 0 Å². The summed E-state index contributed by atoms with van der Waals surface area (Å²) in [5, 5.41) is 3.24. The highest BCUT2D eigenvalue weighted by Crippen LogP contribution is 2.21. The van der Waals surface area contributed by atoms with Crippen LogP contribution in [0.5, 0.6) is 0 Å². The van der Waals surface area contributed by atoms with Crippen molar-refractivity contribution in [2.24, 2.45) is 0 Å². The molecule has 0 radical (unpaired) electrons. The average Bonchev–Trinajstić information content (AvgIpc) is 2.30. The average molecular weight is 373 g/mol. The van der Waals surface area contributed by atoms with Crippen LogP contribution in [-0.4, -0.2) is 0 Å². The van der Waals surface area contributed by atoms with Gasteiger partial charge >= 0.3 is 0 Å². The van der Waals surface area contributed by atoms with E-state index in [2.05, 4.69) is 37.2 Å². The van der Waals surface area contributed by atoms with Gasteiger partial charge in [0.05, 0.1) is 0 Å². The Morgan fingerprint density at radius 1 is 1.06 bits per heavy atom. The molecular formula is C14H12Br2FN. The van der Waals surface area contributed by atoms with Gasteiger partial charge < -0.3 is 5.32 Å². The van der Waals surface area contributed by atoms with Crippen molar-refractivity contribution in [2.45, 2.75) is 13.5 Å². The van der Waals surface area contributed by atoms with Crippen LogP contribution in [0.4, 0.5) is 10.1 Å². The van der Waals surface area contributed by atoms with Gasteiger partial charge in [-0.15, -0.1) is 0 Å². The Morgan fingerprint density at radius 3 is 2.39 bits per heavy atom. The number of aryl methyl sites for hydroxylation is 1. The maximum Gasteiger partial charge on any atom is 0.129 e. The molecule has 4 heteroatoms. The maximum absolute atomic E-state index is 13.6. The van der Waals surface area contributed by atoms with Crippen LogP contribution in [0, 0.1) is 12.7 Å². The normalized spacial score (nSPS) is 10.4. The maximum atomic E-state index is 13.6. The molecule has 0 atom stereocenters. The van der Waals surface area contributed by atoms with Gasteiger partial charge in [0, 0.05) is 26.7 Å². The Hall–Kier alpha value is -0.870. The topological polar surface area (TPSA) is 12.0 Å². The van der Waals surface area contributed by atoms with E-state index in [1.54, 1.807) is 6.07 Å². The zero-order valence-corrected chi connectivity index (χ0v) is 13.0. The molecule has 1 N–H and O–H groups in total. The number of rotatable bonds is 3. The summed E-state index contributed by atoms with van der Waals surface area (Å²) in [7, 11) is 0. The lowest BCUT2D eigenvalue weighted by molar-refractivity contribution is 0.612. The first-order valence-electron chi connectivity index (χ1n) is 5.50. The molecule has 2 aromatic rings. The Morgan fingerprint density at radius 2 is 1.72 bits per heavy atom. The molecule has 0 aliphatic rings. The van der Waals surface area contributed by atoms with E-state index >= 15 is 0 Å². The summed E-state index contributed by atoms with van der Waals surface area (Å²) in [6.07, 6.45) is 0. The molecule has 0 saturated heterocycles. The number of benzene rings is 2. The van der Waals surface area contributed by atoms with Gasteiger partial charge in [0.1, 0.15) is 5.82 Å². The Bertz CT molecular complexity index is 518. The summed E-state index contributed by atoms with van der Waals surface area (Å²) < 4.78 is 15.4. The minimum absolute atomic E-state index is 0.202. The first-order chi connectivity index (χ1) is 8.56. The van der Waals surface area contributed by atoms with E-state index in [-0.39, 0.29) is 5.82 Å². The minimum Gasteiger partial charge on any atom is -0.381 e. The summed E-state index contributed by atoms with van der Waals surface area (Å²) in [4.78, 5) is 0. The van der Waals surface area contributed by atoms with E-state index < -0.39 is 0 Å². The van der Waals surface area contributed by atoms with Crippen molar-refractivity contribution in [3.63, 3.8) is 0 Å². The van der Waals surface area contributed by atoms with E-state index in [0.717, 1.165) is 20.2 Å². The van der Waals surface area contributed by atoms with Gasteiger partial charge in [-0.2, -0.15) is 0 Å². The third kappa shape index (κ3) is 3.33. The Kier molecular flexibility index (Phi) is 4.40. The summed E-state index contributed by atoms with van der Waals surface area (Å²) >= 11 is 6.67. The molecule has 94 valence electrons. The lowest BCUT2D eigenvalue weighted by atomic mass is 10.1. The van der Waals surface area contributed by atoms with Crippen LogP contribution in [-0.2, 0) is 6.54 Å². The third-order valence-electron chi connectivity index (χ3n) is 2.67. The van der Waals surface area contributed by atoms with Crippen LogP contribution in [0.15, 0.2) is 45.3 Å². The number of hydrogen-bond donors (Lipinski definition) is 1. The van der Waals surface area contributed by atoms with Crippen molar-refractivity contribution in [3.8, 4) is 0 Å². The number of hydrogen-bond acceptors (Lipinski definition) is 1. The smallest absolute Gasteiger partial charge is 0.129 e. The Labute approximate surface area is 123 Å². The molecule has 2 aromatic carbocycles. The third-order valence-corrected chi connectivity index (χ3v) is 3.66. The van der Waals surface area contributed by atoms with Crippen molar-refractivity contribution < 1.29 is 4.39 Å². The fourth-order valence-corrected chi connectivity index (χ4v) is 2.49. The van der Waals surface area contributed by atoms with Crippen LogP contribution in [0.25, 0.3) is 0 Å². The Balaban J connectivity index is 2.11. The van der Waals surface area contributed by atoms with E-state index in [1.807, 2.05) is 31.2 Å². The lowest BCUT2D eigenvalue weighted by Gasteiger charge is -2.10. The minimum atomic E-state index is -0.202. The molecule has 0 saturated carbocycles. The van der Waals surface area contributed by atoms with Gasteiger partial charge in [-0.25, -0.2) is 4.39 Å². The fourth-order valence-electron chi connectivity index (χ4n) is 1.68. The second kappa shape index (κ2) is 5.85. The molecule has 0 heterocycles. The molecule has 2 rings (SSSR count). The number of halogens is 3. The van der Waals surface area contributed by atoms with Crippen molar-refractivity contribution in [2.75, 3.05) is 5.32 Å². The quantitative estimate of drug-likeness (QED) is 0.773. The summed E-state index contributed by atoms with van der Waals surface area (Å²) in [6, 6.07) is 11.1. The highest BCUT2D eigenvalue weighted by molar-refractivity contribution is 9.10. The van der Waals surface area contributed by atoms with E-state index in [4.69, 9.17) is 0 Å². The monoisotopic (exact) mass is 371 g/mol. The lowest BCUT2D eigenvalue weighted by Crippen LogP contribution is -2.03. The van der Waals surface area contributed by atoms with E-state index in [0.29, 0.717) is 12.1 Å². The predicted octanol–water partition coefficient (Wildman–Crippen LogP) is 5.27. The zero-order valence-electron chi connectivity index (χ0n) is 9.81. The molecule has 0 bridgehead atoms. The van der Waals surface area contributed by atoms with Crippen molar-refractivity contribution in [3.05, 3.63) is 62.3 Å². The summed E-state index contributed by atoms with van der Waals surface area (Å²) in [5.74, 6) is -0.202. The largest absolute Gasteiger partial charge is 0.381 e. The van der Waals surface area contributed by atoms with Gasteiger partial charge in [-0.05, 0) is 42.8 Å². The molecule has 0 unspecified atom stereocenters. The van der Waals surface area contributed by atoms with Gasteiger partial charge in [-0.3, -0.25) is 0 Å². The van der Waals surface area contributed by atoms with Crippen LogP contribution < -0.4 is 5.32 Å². The molecule has 0 aromatic heterocycles. The summed E-state index contributed by atoms with van der Waals surface area (Å²) in [6.45, 7) is 2.49. The first kappa shape index (κ1) is 13.6. The van der Waals surface area contributed by atoms with E-state index in [9.17, 15) is 4.39 Å². The van der Waals surface area contributed by atoms with Crippen LogP contribution >= 0.6 is 31.9 Å². The molecule has 18 heavy (non-hydrogen) atoms. The second-order valence-electron chi connectivity index (χ2n) is 4.05. The van der Waals surface area contributed by atoms with Crippen LogP contribution in [0.2, 0.25) is 0 Å². The van der Waals surface area contributed by atoms with Gasteiger partial charge in [-0.1, -0.05) is 37.9 Å². The molecule has 0 aliphatic heterocycles. The van der Waals surface area contributed by atoms with Gasteiger partial charge in [0.25, 0.3) is 0 Å². The van der Waals surface area contributed by atoms with Gasteiger partial charge in [0.2, 0.25) is 0 Å². The highest BCUT2D eigenvalue weighted by Gasteiger charge is 2.04. The van der Waals surface area contributed by atoms with Gasteiger partial charge in [0.15, 0.2) is 0 Å². The van der Waals surface area contributed by atoms with E-state index in [1.165, 1.54) is 6.07 Å². The van der Waals surface area contributed by atoms with Crippen LogP contribution in [0.1, 0.15) is 11.1 Å². The molecule has 0 amide bonds. The SMILES string of the molecule is Cc1cc(Br)ccc1NCc1ccc(Br)cc1F. The molecule has 0 fully saturated rings. The number of anilines is 1. The molecule has 0 aliphatic carbocycles. The first-order valence-corrected chi connectivity index (χ1v) is 7.09. The predicted molar refractivity (Wildman–Crippen MR) is 80.3 cm³/mol. The second-order valence-corrected chi connectivity index (χ2v) is 5.88.